The molecule has 2 N–H and O–H groups in total. The third kappa shape index (κ3) is 6.46. The Balaban J connectivity index is 0.00000200. The van der Waals surface area contributed by atoms with E-state index in [1.807, 2.05) is 7.05 Å². The molecule has 116 valence electrons. The molecule has 0 amide bonds. The fourth-order valence-corrected chi connectivity index (χ4v) is 3.11. The highest BCUT2D eigenvalue weighted by atomic mass is 127. The minimum atomic E-state index is 0. The molecule has 2 rings (SSSR count). The highest BCUT2D eigenvalue weighted by Crippen LogP contribution is 2.19. The summed E-state index contributed by atoms with van der Waals surface area (Å²) >= 11 is 0. The summed E-state index contributed by atoms with van der Waals surface area (Å²) in [5, 5.41) is 7.02. The first-order chi connectivity index (χ1) is 9.38. The average Bonchev–Trinajstić information content (AvgIpc) is 2.48. The van der Waals surface area contributed by atoms with Crippen molar-refractivity contribution in [2.75, 3.05) is 13.6 Å². The number of rotatable bonds is 4. The largest absolute Gasteiger partial charge is 0.356 e. The number of hydrogen-bond acceptors (Lipinski definition) is 1. The Labute approximate surface area is 141 Å². The van der Waals surface area contributed by atoms with Crippen molar-refractivity contribution in [2.24, 2.45) is 4.99 Å². The van der Waals surface area contributed by atoms with Crippen molar-refractivity contribution < 1.29 is 0 Å². The van der Waals surface area contributed by atoms with Gasteiger partial charge in [-0.2, -0.15) is 0 Å². The maximum absolute atomic E-state index is 4.34. The average molecular weight is 391 g/mol. The fourth-order valence-electron chi connectivity index (χ4n) is 3.11. The Bertz CT molecular complexity index is 320. The number of hydrogen-bond donors (Lipinski definition) is 2. The topological polar surface area (TPSA) is 36.4 Å². The highest BCUT2D eigenvalue weighted by Gasteiger charge is 2.14. The molecule has 0 spiro atoms. The van der Waals surface area contributed by atoms with Crippen molar-refractivity contribution in [2.45, 2.75) is 70.3 Å². The predicted octanol–water partition coefficient (Wildman–Crippen LogP) is 3.99. The minimum Gasteiger partial charge on any atom is -0.356 e. The van der Waals surface area contributed by atoms with Crippen LogP contribution < -0.4 is 10.6 Å². The Morgan fingerprint density at radius 3 is 2.65 bits per heavy atom. The van der Waals surface area contributed by atoms with Crippen molar-refractivity contribution in [3.63, 3.8) is 0 Å². The Hall–Kier alpha value is -0.260. The summed E-state index contributed by atoms with van der Waals surface area (Å²) < 4.78 is 0. The van der Waals surface area contributed by atoms with Crippen LogP contribution in [0.2, 0.25) is 0 Å². The number of nitrogens with one attached hydrogen (secondary N) is 2. The quantitative estimate of drug-likeness (QED) is 0.329. The normalized spacial score (nSPS) is 20.9. The van der Waals surface area contributed by atoms with Gasteiger partial charge in [0.1, 0.15) is 0 Å². The van der Waals surface area contributed by atoms with Gasteiger partial charge in [0.25, 0.3) is 0 Å². The number of halogens is 1. The van der Waals surface area contributed by atoms with Crippen LogP contribution in [0.15, 0.2) is 16.6 Å². The first-order valence-electron chi connectivity index (χ1n) is 8.03. The van der Waals surface area contributed by atoms with Gasteiger partial charge >= 0.3 is 0 Å². The van der Waals surface area contributed by atoms with E-state index >= 15 is 0 Å². The summed E-state index contributed by atoms with van der Waals surface area (Å²) in [5.41, 5.74) is 1.63. The summed E-state index contributed by atoms with van der Waals surface area (Å²) in [7, 11) is 1.87. The lowest BCUT2D eigenvalue weighted by Gasteiger charge is -2.25. The number of allylic oxidation sites excluding steroid dienone is 1. The second kappa shape index (κ2) is 10.5. The molecule has 0 radical (unpaired) electrons. The maximum atomic E-state index is 4.34. The summed E-state index contributed by atoms with van der Waals surface area (Å²) in [5.74, 6) is 0.989. The molecule has 0 saturated heterocycles. The SMILES string of the molecule is CN=C(NCCC1=CCCCC1)NC1CCCCC1.I. The molecule has 4 heteroatoms. The van der Waals surface area contributed by atoms with E-state index in [1.54, 1.807) is 5.57 Å². The molecule has 0 aliphatic heterocycles. The van der Waals surface area contributed by atoms with Crippen molar-refractivity contribution >= 4 is 29.9 Å². The van der Waals surface area contributed by atoms with Gasteiger partial charge in [-0.15, -0.1) is 24.0 Å². The molecular weight excluding hydrogens is 361 g/mol. The Kier molecular flexibility index (Phi) is 9.31. The summed E-state index contributed by atoms with van der Waals surface area (Å²) in [6.45, 7) is 1.01. The van der Waals surface area contributed by atoms with Crippen LogP contribution in [0.4, 0.5) is 0 Å². The maximum Gasteiger partial charge on any atom is 0.191 e. The fraction of sp³-hybridized carbons (Fsp3) is 0.812. The molecule has 2 aliphatic rings. The summed E-state index contributed by atoms with van der Waals surface area (Å²) in [4.78, 5) is 4.34. The van der Waals surface area contributed by atoms with Crippen molar-refractivity contribution in [3.05, 3.63) is 11.6 Å². The van der Waals surface area contributed by atoms with Gasteiger partial charge in [0.15, 0.2) is 5.96 Å². The van der Waals surface area contributed by atoms with Gasteiger partial charge in [0.2, 0.25) is 0 Å². The van der Waals surface area contributed by atoms with E-state index in [0.29, 0.717) is 6.04 Å². The van der Waals surface area contributed by atoms with E-state index in [9.17, 15) is 0 Å². The second-order valence-electron chi connectivity index (χ2n) is 5.84. The molecule has 0 heterocycles. The number of aliphatic imine (C=N–C) groups is 1. The zero-order valence-corrected chi connectivity index (χ0v) is 15.1. The van der Waals surface area contributed by atoms with Crippen LogP contribution in [0.3, 0.4) is 0 Å². The highest BCUT2D eigenvalue weighted by molar-refractivity contribution is 14.0. The zero-order valence-electron chi connectivity index (χ0n) is 12.8. The molecule has 0 aromatic heterocycles. The predicted molar refractivity (Wildman–Crippen MR) is 98.0 cm³/mol. The van der Waals surface area contributed by atoms with Crippen LogP contribution in [0.5, 0.6) is 0 Å². The number of guanidine groups is 1. The lowest BCUT2D eigenvalue weighted by molar-refractivity contribution is 0.410. The van der Waals surface area contributed by atoms with E-state index in [-0.39, 0.29) is 24.0 Å². The van der Waals surface area contributed by atoms with Crippen molar-refractivity contribution in [1.29, 1.82) is 0 Å². The van der Waals surface area contributed by atoms with E-state index in [0.717, 1.165) is 12.5 Å². The van der Waals surface area contributed by atoms with Crippen LogP contribution in [-0.2, 0) is 0 Å². The zero-order chi connectivity index (χ0) is 13.3. The molecule has 2 aliphatic carbocycles. The van der Waals surface area contributed by atoms with E-state index in [4.69, 9.17) is 0 Å². The van der Waals surface area contributed by atoms with Crippen LogP contribution in [0.1, 0.15) is 64.2 Å². The lowest BCUT2D eigenvalue weighted by Crippen LogP contribution is -2.44. The molecule has 1 fully saturated rings. The summed E-state index contributed by atoms with van der Waals surface area (Å²) in [6, 6.07) is 0.633. The second-order valence-corrected chi connectivity index (χ2v) is 5.84. The third-order valence-electron chi connectivity index (χ3n) is 4.29. The molecule has 0 bridgehead atoms. The third-order valence-corrected chi connectivity index (χ3v) is 4.29. The van der Waals surface area contributed by atoms with Gasteiger partial charge in [-0.05, 0) is 44.9 Å². The van der Waals surface area contributed by atoms with Crippen LogP contribution in [0, 0.1) is 0 Å². The van der Waals surface area contributed by atoms with Crippen LogP contribution in [-0.4, -0.2) is 25.6 Å². The van der Waals surface area contributed by atoms with Crippen LogP contribution in [0.25, 0.3) is 0 Å². The van der Waals surface area contributed by atoms with Crippen molar-refractivity contribution in [3.8, 4) is 0 Å². The molecule has 0 atom stereocenters. The smallest absolute Gasteiger partial charge is 0.191 e. The standard InChI is InChI=1S/C16H29N3.HI/c1-17-16(19-15-10-6-3-7-11-15)18-13-12-14-8-4-2-5-9-14;/h8,15H,2-7,9-13H2,1H3,(H2,17,18,19);1H. The van der Waals surface area contributed by atoms with E-state index < -0.39 is 0 Å². The van der Waals surface area contributed by atoms with Gasteiger partial charge in [0.05, 0.1) is 0 Å². The molecule has 3 nitrogen and oxygen atoms in total. The summed E-state index contributed by atoms with van der Waals surface area (Å²) in [6.07, 6.45) is 15.7. The first-order valence-corrected chi connectivity index (χ1v) is 8.03. The van der Waals surface area contributed by atoms with Crippen molar-refractivity contribution in [1.82, 2.24) is 10.6 Å². The Morgan fingerprint density at radius 2 is 2.00 bits per heavy atom. The molecule has 0 unspecified atom stereocenters. The Morgan fingerprint density at radius 1 is 1.20 bits per heavy atom. The monoisotopic (exact) mass is 391 g/mol. The van der Waals surface area contributed by atoms with E-state index in [2.05, 4.69) is 21.7 Å². The molecule has 20 heavy (non-hydrogen) atoms. The molecule has 1 saturated carbocycles. The van der Waals surface area contributed by atoms with Crippen LogP contribution >= 0.6 is 24.0 Å². The minimum absolute atomic E-state index is 0. The molecular formula is C16H30IN3. The van der Waals surface area contributed by atoms with Gasteiger partial charge in [-0.25, -0.2) is 0 Å². The molecule has 0 aromatic carbocycles. The first kappa shape index (κ1) is 17.8. The van der Waals surface area contributed by atoms with Gasteiger partial charge in [-0.1, -0.05) is 30.9 Å². The van der Waals surface area contributed by atoms with E-state index in [1.165, 1.54) is 64.2 Å². The van der Waals surface area contributed by atoms with Gasteiger partial charge in [0, 0.05) is 19.6 Å². The van der Waals surface area contributed by atoms with Gasteiger partial charge < -0.3 is 10.6 Å². The lowest BCUT2D eigenvalue weighted by atomic mass is 9.96. The van der Waals surface area contributed by atoms with Gasteiger partial charge in [-0.3, -0.25) is 4.99 Å². The molecule has 0 aromatic rings. The number of nitrogens with zero attached hydrogens (tertiary/aromatic N) is 1.